The highest BCUT2D eigenvalue weighted by molar-refractivity contribution is 5.67. The number of hydrogen-bond acceptors (Lipinski definition) is 3. The fraction of sp³-hybridized carbons (Fsp3) is 0.933. The third kappa shape index (κ3) is 3.85. The molecule has 1 aliphatic carbocycles. The van der Waals surface area contributed by atoms with Gasteiger partial charge in [-0.05, 0) is 31.1 Å². The Hall–Kier alpha value is -0.770. The third-order valence-electron chi connectivity index (χ3n) is 4.80. The number of rotatable bonds is 3. The molecule has 0 aromatic heterocycles. The SMILES string of the molecule is COC(=O)NC1CC(C(C)C)CN(C2CCCC2)C1. The second-order valence-corrected chi connectivity index (χ2v) is 6.46. The van der Waals surface area contributed by atoms with Gasteiger partial charge in [0.2, 0.25) is 0 Å². The molecule has 1 heterocycles. The fourth-order valence-electron chi connectivity index (χ4n) is 3.55. The van der Waals surface area contributed by atoms with Crippen LogP contribution in [0.5, 0.6) is 0 Å². The van der Waals surface area contributed by atoms with Gasteiger partial charge >= 0.3 is 6.09 Å². The van der Waals surface area contributed by atoms with Gasteiger partial charge in [0, 0.05) is 25.2 Å². The monoisotopic (exact) mass is 268 g/mol. The molecule has 0 aromatic carbocycles. The second kappa shape index (κ2) is 6.60. The molecule has 0 radical (unpaired) electrons. The molecule has 2 atom stereocenters. The first-order chi connectivity index (χ1) is 9.10. The highest BCUT2D eigenvalue weighted by atomic mass is 16.5. The molecule has 0 aromatic rings. The lowest BCUT2D eigenvalue weighted by Gasteiger charge is -2.42. The first-order valence-corrected chi connectivity index (χ1v) is 7.68. The van der Waals surface area contributed by atoms with Gasteiger partial charge in [-0.25, -0.2) is 4.79 Å². The molecule has 110 valence electrons. The van der Waals surface area contributed by atoms with Gasteiger partial charge in [0.15, 0.2) is 0 Å². The van der Waals surface area contributed by atoms with Crippen molar-refractivity contribution < 1.29 is 9.53 Å². The quantitative estimate of drug-likeness (QED) is 0.855. The minimum absolute atomic E-state index is 0.245. The van der Waals surface area contributed by atoms with Crippen molar-refractivity contribution in [2.45, 2.75) is 58.0 Å². The zero-order chi connectivity index (χ0) is 13.8. The number of methoxy groups -OCH3 is 1. The van der Waals surface area contributed by atoms with Gasteiger partial charge < -0.3 is 10.1 Å². The summed E-state index contributed by atoms with van der Waals surface area (Å²) < 4.78 is 4.74. The molecule has 0 bridgehead atoms. The Bertz CT molecular complexity index is 301. The van der Waals surface area contributed by atoms with Crippen molar-refractivity contribution in [1.82, 2.24) is 10.2 Å². The topological polar surface area (TPSA) is 41.6 Å². The van der Waals surface area contributed by atoms with Gasteiger partial charge in [-0.3, -0.25) is 4.90 Å². The maximum absolute atomic E-state index is 11.4. The fourth-order valence-corrected chi connectivity index (χ4v) is 3.55. The van der Waals surface area contributed by atoms with Crippen LogP contribution in [0, 0.1) is 11.8 Å². The summed E-state index contributed by atoms with van der Waals surface area (Å²) in [6.45, 7) is 6.76. The van der Waals surface area contributed by atoms with Gasteiger partial charge in [0.05, 0.1) is 7.11 Å². The first kappa shape index (κ1) is 14.6. The minimum atomic E-state index is -0.291. The summed E-state index contributed by atoms with van der Waals surface area (Å²) in [6, 6.07) is 0.984. The van der Waals surface area contributed by atoms with Gasteiger partial charge in [-0.2, -0.15) is 0 Å². The Labute approximate surface area is 116 Å². The molecule has 2 aliphatic rings. The van der Waals surface area contributed by atoms with Crippen molar-refractivity contribution >= 4 is 6.09 Å². The summed E-state index contributed by atoms with van der Waals surface area (Å²) in [5.41, 5.74) is 0. The third-order valence-corrected chi connectivity index (χ3v) is 4.80. The van der Waals surface area contributed by atoms with Crippen LogP contribution in [-0.4, -0.2) is 43.3 Å². The number of likely N-dealkylation sites (tertiary alicyclic amines) is 1. The van der Waals surface area contributed by atoms with Crippen molar-refractivity contribution in [3.8, 4) is 0 Å². The van der Waals surface area contributed by atoms with Crippen molar-refractivity contribution in [2.24, 2.45) is 11.8 Å². The summed E-state index contributed by atoms with van der Waals surface area (Å²) in [5, 5.41) is 3.00. The normalized spacial score (nSPS) is 29.7. The van der Waals surface area contributed by atoms with Crippen molar-refractivity contribution in [1.29, 1.82) is 0 Å². The molecule has 19 heavy (non-hydrogen) atoms. The summed E-state index contributed by atoms with van der Waals surface area (Å²) >= 11 is 0. The smallest absolute Gasteiger partial charge is 0.407 e. The number of carbonyl (C=O) groups is 1. The van der Waals surface area contributed by atoms with E-state index in [2.05, 4.69) is 24.1 Å². The van der Waals surface area contributed by atoms with Crippen LogP contribution in [0.15, 0.2) is 0 Å². The average molecular weight is 268 g/mol. The average Bonchev–Trinajstić information content (AvgIpc) is 2.92. The van der Waals surface area contributed by atoms with Crippen LogP contribution in [0.2, 0.25) is 0 Å². The highest BCUT2D eigenvalue weighted by Crippen LogP contribution is 2.30. The highest BCUT2D eigenvalue weighted by Gasteiger charge is 2.34. The zero-order valence-electron chi connectivity index (χ0n) is 12.5. The maximum atomic E-state index is 11.4. The van der Waals surface area contributed by atoms with Gasteiger partial charge in [-0.1, -0.05) is 26.7 Å². The Kier molecular flexibility index (Phi) is 5.08. The number of piperidine rings is 1. The van der Waals surface area contributed by atoms with Crippen LogP contribution in [0.4, 0.5) is 4.79 Å². The summed E-state index contributed by atoms with van der Waals surface area (Å²) in [4.78, 5) is 14.0. The lowest BCUT2D eigenvalue weighted by Crippen LogP contribution is -2.54. The van der Waals surface area contributed by atoms with E-state index in [4.69, 9.17) is 4.74 Å². The molecular formula is C15H28N2O2. The van der Waals surface area contributed by atoms with Gasteiger partial charge in [-0.15, -0.1) is 0 Å². The predicted octanol–water partition coefficient (Wildman–Crippen LogP) is 2.63. The number of nitrogens with zero attached hydrogens (tertiary/aromatic N) is 1. The number of alkyl carbamates (subject to hydrolysis) is 1. The van der Waals surface area contributed by atoms with E-state index in [-0.39, 0.29) is 12.1 Å². The Morgan fingerprint density at radius 2 is 1.95 bits per heavy atom. The number of hydrogen-bond donors (Lipinski definition) is 1. The van der Waals surface area contributed by atoms with Crippen molar-refractivity contribution in [3.05, 3.63) is 0 Å². The van der Waals surface area contributed by atoms with Crippen LogP contribution in [-0.2, 0) is 4.74 Å². The van der Waals surface area contributed by atoms with E-state index >= 15 is 0 Å². The van der Waals surface area contributed by atoms with E-state index in [0.717, 1.165) is 19.0 Å². The van der Waals surface area contributed by atoms with E-state index in [9.17, 15) is 4.79 Å². The van der Waals surface area contributed by atoms with E-state index in [0.29, 0.717) is 11.8 Å². The molecule has 2 unspecified atom stereocenters. The largest absolute Gasteiger partial charge is 0.453 e. The standard InChI is InChI=1S/C15H28N2O2/c1-11(2)12-8-13(16-15(18)19-3)10-17(9-12)14-6-4-5-7-14/h11-14H,4-10H2,1-3H3,(H,16,18). The molecule has 4 nitrogen and oxygen atoms in total. The van der Waals surface area contributed by atoms with Gasteiger partial charge in [0.25, 0.3) is 0 Å². The van der Waals surface area contributed by atoms with Crippen molar-refractivity contribution in [3.63, 3.8) is 0 Å². The Morgan fingerprint density at radius 1 is 1.26 bits per heavy atom. The molecule has 1 aliphatic heterocycles. The van der Waals surface area contributed by atoms with E-state index in [1.807, 2.05) is 0 Å². The molecule has 1 amide bonds. The van der Waals surface area contributed by atoms with Crippen LogP contribution in [0.1, 0.15) is 46.0 Å². The molecule has 2 fully saturated rings. The van der Waals surface area contributed by atoms with E-state index < -0.39 is 0 Å². The minimum Gasteiger partial charge on any atom is -0.453 e. The molecule has 1 N–H and O–H groups in total. The zero-order valence-corrected chi connectivity index (χ0v) is 12.5. The molecule has 2 rings (SSSR count). The van der Waals surface area contributed by atoms with Crippen LogP contribution in [0.3, 0.4) is 0 Å². The maximum Gasteiger partial charge on any atom is 0.407 e. The van der Waals surface area contributed by atoms with Crippen LogP contribution in [0.25, 0.3) is 0 Å². The molecule has 1 saturated carbocycles. The molecule has 0 spiro atoms. The number of nitrogens with one attached hydrogen (secondary N) is 1. The summed E-state index contributed by atoms with van der Waals surface area (Å²) in [7, 11) is 1.44. The summed E-state index contributed by atoms with van der Waals surface area (Å²) in [5.74, 6) is 1.35. The van der Waals surface area contributed by atoms with E-state index in [1.54, 1.807) is 0 Å². The number of carbonyl (C=O) groups excluding carboxylic acids is 1. The molecular weight excluding hydrogens is 240 g/mol. The number of ether oxygens (including phenoxy) is 1. The van der Waals surface area contributed by atoms with Crippen LogP contribution >= 0.6 is 0 Å². The van der Waals surface area contributed by atoms with E-state index in [1.165, 1.54) is 39.3 Å². The number of amides is 1. The first-order valence-electron chi connectivity index (χ1n) is 7.68. The second-order valence-electron chi connectivity index (χ2n) is 6.46. The lowest BCUT2D eigenvalue weighted by molar-refractivity contribution is 0.0768. The Balaban J connectivity index is 1.97. The predicted molar refractivity (Wildman–Crippen MR) is 76.1 cm³/mol. The molecule has 1 saturated heterocycles. The Morgan fingerprint density at radius 3 is 2.53 bits per heavy atom. The van der Waals surface area contributed by atoms with Crippen LogP contribution < -0.4 is 5.32 Å². The lowest BCUT2D eigenvalue weighted by atomic mass is 9.85. The molecule has 4 heteroatoms. The van der Waals surface area contributed by atoms with Gasteiger partial charge in [0.1, 0.15) is 0 Å². The van der Waals surface area contributed by atoms with Crippen molar-refractivity contribution in [2.75, 3.05) is 20.2 Å². The summed E-state index contributed by atoms with van der Waals surface area (Å²) in [6.07, 6.45) is 6.17.